The van der Waals surface area contributed by atoms with Gasteiger partial charge in [0.05, 0.1) is 0 Å². The lowest BCUT2D eigenvalue weighted by atomic mass is 9.90. The molecule has 1 heteroatoms. The summed E-state index contributed by atoms with van der Waals surface area (Å²) in [5.41, 5.74) is 1.48. The number of carbonyl (C=O) groups is 1. The van der Waals surface area contributed by atoms with Crippen molar-refractivity contribution in [3.63, 3.8) is 0 Å². The Bertz CT molecular complexity index is 227. The van der Waals surface area contributed by atoms with E-state index in [4.69, 9.17) is 0 Å². The molecule has 0 fully saturated rings. The van der Waals surface area contributed by atoms with Crippen LogP contribution in [0.15, 0.2) is 11.6 Å². The first kappa shape index (κ1) is 12.5. The topological polar surface area (TPSA) is 17.1 Å². The lowest BCUT2D eigenvalue weighted by Crippen LogP contribution is -2.08. The van der Waals surface area contributed by atoms with Gasteiger partial charge in [-0.2, -0.15) is 0 Å². The van der Waals surface area contributed by atoms with E-state index in [0.29, 0.717) is 11.7 Å². The van der Waals surface area contributed by atoms with Gasteiger partial charge in [-0.05, 0) is 32.1 Å². The fraction of sp³-hybridized carbons (Fsp3) is 0.786. The quantitative estimate of drug-likeness (QED) is 0.633. The van der Waals surface area contributed by atoms with Gasteiger partial charge in [0.15, 0.2) is 0 Å². The van der Waals surface area contributed by atoms with Crippen LogP contribution in [0.1, 0.15) is 65.2 Å². The van der Waals surface area contributed by atoms with Crippen LogP contribution >= 0.6 is 0 Å². The smallest absolute Gasteiger partial charge is 0.133 e. The van der Waals surface area contributed by atoms with Crippen LogP contribution in [0.5, 0.6) is 0 Å². The molecule has 0 radical (unpaired) electrons. The summed E-state index contributed by atoms with van der Waals surface area (Å²) in [4.78, 5) is 11.6. The highest BCUT2D eigenvalue weighted by atomic mass is 16.1. The molecule has 0 N–H and O–H groups in total. The predicted octanol–water partition coefficient (Wildman–Crippen LogP) is 4.27. The van der Waals surface area contributed by atoms with Crippen molar-refractivity contribution >= 4 is 5.78 Å². The van der Waals surface area contributed by atoms with Crippen molar-refractivity contribution in [2.75, 3.05) is 0 Å². The van der Waals surface area contributed by atoms with Crippen molar-refractivity contribution in [3.05, 3.63) is 11.6 Å². The number of hydrogen-bond acceptors (Lipinski definition) is 1. The highest BCUT2D eigenvalue weighted by Crippen LogP contribution is 2.24. The second kappa shape index (κ2) is 6.81. The Kier molecular flexibility index (Phi) is 5.67. The van der Waals surface area contributed by atoms with Gasteiger partial charge in [0.2, 0.25) is 0 Å². The molecule has 1 rings (SSSR count). The highest BCUT2D eigenvalue weighted by molar-refractivity contribution is 5.78. The summed E-state index contributed by atoms with van der Waals surface area (Å²) in [6.45, 7) is 4.43. The van der Waals surface area contributed by atoms with Crippen molar-refractivity contribution in [3.8, 4) is 0 Å². The maximum atomic E-state index is 11.6. The third-order valence-electron chi connectivity index (χ3n) is 3.35. The Labute approximate surface area is 93.9 Å². The van der Waals surface area contributed by atoms with E-state index in [1.54, 1.807) is 0 Å². The van der Waals surface area contributed by atoms with Gasteiger partial charge in [-0.15, -0.1) is 0 Å². The zero-order valence-electron chi connectivity index (χ0n) is 10.2. The Morgan fingerprint density at radius 3 is 2.93 bits per heavy atom. The second-order valence-corrected chi connectivity index (χ2v) is 4.88. The minimum atomic E-state index is 0.474. The molecule has 0 saturated carbocycles. The van der Waals surface area contributed by atoms with Crippen LogP contribution in [-0.2, 0) is 4.79 Å². The molecule has 0 amide bonds. The van der Waals surface area contributed by atoms with Gasteiger partial charge < -0.3 is 0 Å². The van der Waals surface area contributed by atoms with E-state index >= 15 is 0 Å². The van der Waals surface area contributed by atoms with Gasteiger partial charge in [0.1, 0.15) is 5.78 Å². The van der Waals surface area contributed by atoms with E-state index in [1.165, 1.54) is 37.7 Å². The van der Waals surface area contributed by atoms with Crippen molar-refractivity contribution in [2.24, 2.45) is 5.92 Å². The second-order valence-electron chi connectivity index (χ2n) is 4.88. The number of carbonyl (C=O) groups excluding carboxylic acids is 1. The summed E-state index contributed by atoms with van der Waals surface area (Å²) in [7, 11) is 0. The molecular weight excluding hydrogens is 184 g/mol. The van der Waals surface area contributed by atoms with Gasteiger partial charge in [-0.25, -0.2) is 0 Å². The fourth-order valence-corrected chi connectivity index (χ4v) is 2.28. The van der Waals surface area contributed by atoms with Crippen molar-refractivity contribution in [1.29, 1.82) is 0 Å². The van der Waals surface area contributed by atoms with Crippen molar-refractivity contribution in [2.45, 2.75) is 65.2 Å². The summed E-state index contributed by atoms with van der Waals surface area (Å²) in [6.07, 6.45) is 11.0. The molecule has 0 unspecified atom stereocenters. The minimum absolute atomic E-state index is 0.474. The molecule has 1 aliphatic rings. The Hall–Kier alpha value is -0.590. The maximum Gasteiger partial charge on any atom is 0.133 e. The normalized spacial score (nSPS) is 24.0. The zero-order valence-corrected chi connectivity index (χ0v) is 10.2. The van der Waals surface area contributed by atoms with E-state index in [2.05, 4.69) is 19.9 Å². The summed E-state index contributed by atoms with van der Waals surface area (Å²) in [5, 5.41) is 0. The van der Waals surface area contributed by atoms with Gasteiger partial charge in [0.25, 0.3) is 0 Å². The molecule has 0 bridgehead atoms. The molecule has 0 aromatic rings. The van der Waals surface area contributed by atoms with Gasteiger partial charge in [-0.3, -0.25) is 4.79 Å². The lowest BCUT2D eigenvalue weighted by molar-refractivity contribution is -0.120. The van der Waals surface area contributed by atoms with E-state index in [1.807, 2.05) is 0 Å². The van der Waals surface area contributed by atoms with Gasteiger partial charge >= 0.3 is 0 Å². The average molecular weight is 208 g/mol. The van der Waals surface area contributed by atoms with Crippen LogP contribution in [0.25, 0.3) is 0 Å². The summed E-state index contributed by atoms with van der Waals surface area (Å²) < 4.78 is 0. The predicted molar refractivity (Wildman–Crippen MR) is 64.9 cm³/mol. The molecule has 86 valence electrons. The molecule has 0 spiro atoms. The van der Waals surface area contributed by atoms with Crippen LogP contribution in [-0.4, -0.2) is 5.78 Å². The largest absolute Gasteiger partial charge is 0.300 e. The number of unbranched alkanes of at least 4 members (excludes halogenated alkanes) is 1. The van der Waals surface area contributed by atoms with Crippen molar-refractivity contribution < 1.29 is 4.79 Å². The SMILES string of the molecule is CCCC[C@H]1CCC(C)=CCCC(=O)C1. The van der Waals surface area contributed by atoms with Crippen LogP contribution < -0.4 is 0 Å². The van der Waals surface area contributed by atoms with Gasteiger partial charge in [0, 0.05) is 12.8 Å². The van der Waals surface area contributed by atoms with Crippen molar-refractivity contribution in [1.82, 2.24) is 0 Å². The average Bonchev–Trinajstić information content (AvgIpc) is 2.28. The molecule has 0 aromatic carbocycles. The Morgan fingerprint density at radius 2 is 2.20 bits per heavy atom. The van der Waals surface area contributed by atoms with Crippen LogP contribution in [0, 0.1) is 5.92 Å². The number of rotatable bonds is 3. The molecule has 0 aromatic heterocycles. The Morgan fingerprint density at radius 1 is 1.40 bits per heavy atom. The molecule has 0 saturated heterocycles. The summed E-state index contributed by atoms with van der Waals surface area (Å²) >= 11 is 0. The van der Waals surface area contributed by atoms with Gasteiger partial charge in [-0.1, -0.05) is 37.8 Å². The third-order valence-corrected chi connectivity index (χ3v) is 3.35. The first-order valence-corrected chi connectivity index (χ1v) is 6.39. The monoisotopic (exact) mass is 208 g/mol. The first-order valence-electron chi connectivity index (χ1n) is 6.39. The van der Waals surface area contributed by atoms with E-state index < -0.39 is 0 Å². The minimum Gasteiger partial charge on any atom is -0.300 e. The number of Topliss-reactive ketones (excluding diaryl/α,β-unsaturated/α-hetero) is 1. The van der Waals surface area contributed by atoms with Crippen LogP contribution in [0.3, 0.4) is 0 Å². The molecule has 1 aliphatic carbocycles. The Balaban J connectivity index is 2.47. The number of allylic oxidation sites excluding steroid dienone is 2. The van der Waals surface area contributed by atoms with E-state index in [0.717, 1.165) is 19.3 Å². The molecule has 0 heterocycles. The fourth-order valence-electron chi connectivity index (χ4n) is 2.28. The summed E-state index contributed by atoms with van der Waals surface area (Å²) in [6, 6.07) is 0. The maximum absolute atomic E-state index is 11.6. The molecule has 1 nitrogen and oxygen atoms in total. The summed E-state index contributed by atoms with van der Waals surface area (Å²) in [5.74, 6) is 1.13. The first-order chi connectivity index (χ1) is 7.22. The van der Waals surface area contributed by atoms with Crippen LogP contribution in [0.4, 0.5) is 0 Å². The van der Waals surface area contributed by atoms with Crippen LogP contribution in [0.2, 0.25) is 0 Å². The molecular formula is C14H24O. The third kappa shape index (κ3) is 5.15. The van der Waals surface area contributed by atoms with E-state index in [-0.39, 0.29) is 0 Å². The number of hydrogen-bond donors (Lipinski definition) is 0. The lowest BCUT2D eigenvalue weighted by Gasteiger charge is -2.14. The molecule has 0 aliphatic heterocycles. The molecule has 15 heavy (non-hydrogen) atoms. The molecule has 1 atom stereocenters. The van der Waals surface area contributed by atoms with E-state index in [9.17, 15) is 4.79 Å². The zero-order chi connectivity index (χ0) is 11.1. The number of ketones is 1. The standard InChI is InChI=1S/C14H24O/c1-3-4-7-13-10-9-12(2)6-5-8-14(15)11-13/h6,13H,3-5,7-11H2,1-2H3/t13-/m0/s1. The highest BCUT2D eigenvalue weighted by Gasteiger charge is 2.14.